The number of anilines is 1. The molecule has 1 atom stereocenters. The van der Waals surface area contributed by atoms with Crippen LogP contribution in [0.25, 0.3) is 0 Å². The van der Waals surface area contributed by atoms with Crippen molar-refractivity contribution in [2.24, 2.45) is 0 Å². The second-order valence-electron chi connectivity index (χ2n) is 7.01. The monoisotopic (exact) mass is 393 g/mol. The second kappa shape index (κ2) is 9.19. The quantitative estimate of drug-likeness (QED) is 0.520. The summed E-state index contributed by atoms with van der Waals surface area (Å²) in [6.07, 6.45) is 2.78. The average molecular weight is 393 g/mol. The van der Waals surface area contributed by atoms with E-state index < -0.39 is 11.9 Å². The van der Waals surface area contributed by atoms with Gasteiger partial charge in [-0.15, -0.1) is 0 Å². The van der Waals surface area contributed by atoms with Gasteiger partial charge in [0.1, 0.15) is 11.9 Å². The molecule has 1 aliphatic heterocycles. The van der Waals surface area contributed by atoms with Crippen molar-refractivity contribution in [1.82, 2.24) is 10.6 Å². The average Bonchev–Trinajstić information content (AvgIpc) is 2.86. The molecule has 5 nitrogen and oxygen atoms in total. The Morgan fingerprint density at radius 2 is 1.97 bits per heavy atom. The van der Waals surface area contributed by atoms with Crippen molar-refractivity contribution in [3.05, 3.63) is 89.4 Å². The summed E-state index contributed by atoms with van der Waals surface area (Å²) in [4.78, 5) is 24.9. The zero-order valence-corrected chi connectivity index (χ0v) is 16.3. The summed E-state index contributed by atoms with van der Waals surface area (Å²) in [6.45, 7) is 5.86. The minimum absolute atomic E-state index is 0.220. The zero-order valence-electron chi connectivity index (χ0n) is 16.3. The lowest BCUT2D eigenvalue weighted by molar-refractivity contribution is -0.124. The molecule has 2 aromatic carbocycles. The molecule has 6 heteroatoms. The molecule has 0 unspecified atom stereocenters. The van der Waals surface area contributed by atoms with E-state index in [1.54, 1.807) is 31.2 Å². The molecule has 0 aromatic heterocycles. The highest BCUT2D eigenvalue weighted by Crippen LogP contribution is 2.21. The fraction of sp³-hybridized carbons (Fsp3) is 0.217. The van der Waals surface area contributed by atoms with E-state index in [0.29, 0.717) is 30.6 Å². The van der Waals surface area contributed by atoms with Gasteiger partial charge in [-0.3, -0.25) is 9.59 Å². The predicted octanol–water partition coefficient (Wildman–Crippen LogP) is 3.45. The van der Waals surface area contributed by atoms with Crippen LogP contribution >= 0.6 is 0 Å². The number of amides is 2. The van der Waals surface area contributed by atoms with Crippen molar-refractivity contribution in [2.45, 2.75) is 32.4 Å². The van der Waals surface area contributed by atoms with Gasteiger partial charge in [-0.25, -0.2) is 4.39 Å². The maximum atomic E-state index is 13.7. The van der Waals surface area contributed by atoms with Crippen molar-refractivity contribution in [2.75, 3.05) is 5.32 Å². The van der Waals surface area contributed by atoms with Crippen LogP contribution in [-0.4, -0.2) is 17.9 Å². The van der Waals surface area contributed by atoms with Crippen molar-refractivity contribution >= 4 is 17.5 Å². The molecule has 3 rings (SSSR count). The molecule has 0 bridgehead atoms. The Hall–Kier alpha value is -3.41. The summed E-state index contributed by atoms with van der Waals surface area (Å²) in [5.74, 6) is -0.942. The zero-order chi connectivity index (χ0) is 20.8. The van der Waals surface area contributed by atoms with E-state index >= 15 is 0 Å². The van der Waals surface area contributed by atoms with E-state index in [4.69, 9.17) is 0 Å². The summed E-state index contributed by atoms with van der Waals surface area (Å²) in [7, 11) is 0. The number of halogens is 1. The standard InChI is InChI=1S/C23H24FN3O2/c1-15(13-16(2)25-14-18-8-3-5-9-19(18)24)22(28)27-21-12-11-17-7-4-6-10-20(17)26-23(21)29/h3-10,13,21,25H,1,11-12,14H2,2H3,(H,26,29)(H,27,28)/b16-13-/t21-/m0/s1. The third kappa shape index (κ3) is 5.31. The maximum absolute atomic E-state index is 13.7. The Balaban J connectivity index is 1.56. The number of benzene rings is 2. The molecule has 150 valence electrons. The highest BCUT2D eigenvalue weighted by Gasteiger charge is 2.25. The first-order chi connectivity index (χ1) is 13.9. The molecule has 29 heavy (non-hydrogen) atoms. The van der Waals surface area contributed by atoms with Gasteiger partial charge in [0.15, 0.2) is 0 Å². The molecule has 0 saturated heterocycles. The molecular formula is C23H24FN3O2. The Kier molecular flexibility index (Phi) is 6.44. The van der Waals surface area contributed by atoms with Crippen LogP contribution in [0.5, 0.6) is 0 Å². The van der Waals surface area contributed by atoms with E-state index in [0.717, 1.165) is 11.3 Å². The number of aryl methyl sites for hydroxylation is 1. The highest BCUT2D eigenvalue weighted by atomic mass is 19.1. The molecule has 3 N–H and O–H groups in total. The first-order valence-corrected chi connectivity index (χ1v) is 9.48. The Morgan fingerprint density at radius 1 is 1.24 bits per heavy atom. The van der Waals surface area contributed by atoms with Gasteiger partial charge in [-0.1, -0.05) is 43.0 Å². The van der Waals surface area contributed by atoms with Crippen LogP contribution in [0.3, 0.4) is 0 Å². The van der Waals surface area contributed by atoms with Crippen LogP contribution < -0.4 is 16.0 Å². The normalized spacial score (nSPS) is 16.3. The SMILES string of the molecule is C=C(/C=C(/C)NCc1ccccc1F)C(=O)N[C@H]1CCc2ccccc2NC1=O. The molecular weight excluding hydrogens is 369 g/mol. The van der Waals surface area contributed by atoms with Crippen molar-refractivity contribution in [1.29, 1.82) is 0 Å². The molecule has 1 aliphatic rings. The van der Waals surface area contributed by atoms with Gasteiger partial charge in [0.25, 0.3) is 5.91 Å². The van der Waals surface area contributed by atoms with Crippen LogP contribution in [-0.2, 0) is 22.6 Å². The molecule has 1 heterocycles. The van der Waals surface area contributed by atoms with E-state index in [2.05, 4.69) is 22.5 Å². The summed E-state index contributed by atoms with van der Waals surface area (Å²) in [5, 5.41) is 8.66. The van der Waals surface area contributed by atoms with Crippen molar-refractivity contribution < 1.29 is 14.0 Å². The Morgan fingerprint density at radius 3 is 2.76 bits per heavy atom. The lowest BCUT2D eigenvalue weighted by Gasteiger charge is -2.16. The van der Waals surface area contributed by atoms with Gasteiger partial charge in [-0.05, 0) is 43.5 Å². The minimum Gasteiger partial charge on any atom is -0.384 e. The summed E-state index contributed by atoms with van der Waals surface area (Å²) in [6, 6.07) is 13.5. The third-order valence-corrected chi connectivity index (χ3v) is 4.80. The summed E-state index contributed by atoms with van der Waals surface area (Å²) < 4.78 is 13.7. The smallest absolute Gasteiger partial charge is 0.251 e. The molecule has 2 aromatic rings. The first-order valence-electron chi connectivity index (χ1n) is 9.48. The number of carbonyl (C=O) groups is 2. The fourth-order valence-electron chi connectivity index (χ4n) is 3.15. The Labute approximate surface area is 169 Å². The predicted molar refractivity (Wildman–Crippen MR) is 111 cm³/mol. The molecule has 0 aliphatic carbocycles. The Bertz CT molecular complexity index is 968. The molecule has 2 amide bonds. The van der Waals surface area contributed by atoms with Crippen LogP contribution in [0.15, 0.2) is 72.5 Å². The first kappa shape index (κ1) is 20.3. The largest absolute Gasteiger partial charge is 0.384 e. The number of allylic oxidation sites excluding steroid dienone is 1. The summed E-state index contributed by atoms with van der Waals surface area (Å²) >= 11 is 0. The number of rotatable bonds is 6. The lowest BCUT2D eigenvalue weighted by Crippen LogP contribution is -2.43. The van der Waals surface area contributed by atoms with Crippen LogP contribution in [0.2, 0.25) is 0 Å². The van der Waals surface area contributed by atoms with Gasteiger partial charge >= 0.3 is 0 Å². The second-order valence-corrected chi connectivity index (χ2v) is 7.01. The highest BCUT2D eigenvalue weighted by molar-refractivity contribution is 6.02. The van der Waals surface area contributed by atoms with E-state index in [1.807, 2.05) is 24.3 Å². The maximum Gasteiger partial charge on any atom is 0.251 e. The molecule has 0 spiro atoms. The lowest BCUT2D eigenvalue weighted by atomic mass is 10.1. The number of fused-ring (bicyclic) bond motifs is 1. The number of hydrogen-bond donors (Lipinski definition) is 3. The molecule has 0 radical (unpaired) electrons. The van der Waals surface area contributed by atoms with Crippen LogP contribution in [0, 0.1) is 5.82 Å². The number of nitrogens with one attached hydrogen (secondary N) is 3. The van der Waals surface area contributed by atoms with Crippen LogP contribution in [0.1, 0.15) is 24.5 Å². The van der Waals surface area contributed by atoms with Gasteiger partial charge in [0, 0.05) is 29.1 Å². The van der Waals surface area contributed by atoms with Gasteiger partial charge in [0.05, 0.1) is 0 Å². The topological polar surface area (TPSA) is 70.2 Å². The number of carbonyl (C=O) groups excluding carboxylic acids is 2. The van der Waals surface area contributed by atoms with Gasteiger partial charge < -0.3 is 16.0 Å². The summed E-state index contributed by atoms with van der Waals surface area (Å²) in [5.41, 5.74) is 3.25. The molecule has 0 fully saturated rings. The number of hydrogen-bond acceptors (Lipinski definition) is 3. The van der Waals surface area contributed by atoms with Gasteiger partial charge in [-0.2, -0.15) is 0 Å². The van der Waals surface area contributed by atoms with E-state index in [9.17, 15) is 14.0 Å². The van der Waals surface area contributed by atoms with Crippen LogP contribution in [0.4, 0.5) is 10.1 Å². The number of para-hydroxylation sites is 1. The molecule has 0 saturated carbocycles. The van der Waals surface area contributed by atoms with Crippen molar-refractivity contribution in [3.8, 4) is 0 Å². The fourth-order valence-corrected chi connectivity index (χ4v) is 3.15. The van der Waals surface area contributed by atoms with E-state index in [-0.39, 0.29) is 17.3 Å². The van der Waals surface area contributed by atoms with Gasteiger partial charge in [0.2, 0.25) is 5.91 Å². The van der Waals surface area contributed by atoms with Crippen molar-refractivity contribution in [3.63, 3.8) is 0 Å². The third-order valence-electron chi connectivity index (χ3n) is 4.80. The van der Waals surface area contributed by atoms with E-state index in [1.165, 1.54) is 6.07 Å². The minimum atomic E-state index is -0.633.